The highest BCUT2D eigenvalue weighted by atomic mass is 16.6. The number of benzene rings is 2. The molecule has 2 aromatic carbocycles. The maximum atomic E-state index is 13.5. The molecule has 11 heteroatoms. The molecule has 0 bridgehead atoms. The van der Waals surface area contributed by atoms with Gasteiger partial charge >= 0.3 is 5.97 Å². The van der Waals surface area contributed by atoms with E-state index in [-0.39, 0.29) is 51.8 Å². The van der Waals surface area contributed by atoms with Crippen LogP contribution in [0.4, 0.5) is 5.82 Å². The van der Waals surface area contributed by atoms with Crippen LogP contribution in [0.15, 0.2) is 69.5 Å². The number of fused-ring (bicyclic) bond motifs is 2. The number of carbonyl (C=O) groups is 1. The minimum absolute atomic E-state index is 0.00453. The van der Waals surface area contributed by atoms with E-state index in [1.54, 1.807) is 63.4 Å². The highest BCUT2D eigenvalue weighted by molar-refractivity contribution is 5.92. The Morgan fingerprint density at radius 1 is 1.24 bits per heavy atom. The number of carbonyl (C=O) groups excluding carboxylic acids is 1. The number of anilines is 1. The van der Waals surface area contributed by atoms with E-state index in [1.807, 2.05) is 13.0 Å². The average Bonchev–Trinajstić information content (AvgIpc) is 3.01. The molecular weight excluding hydrogens is 590 g/mol. The molecule has 0 saturated heterocycles. The Balaban J connectivity index is 1.75. The van der Waals surface area contributed by atoms with Gasteiger partial charge in [-0.3, -0.25) is 4.79 Å². The normalized spacial score (nSPS) is 16.5. The van der Waals surface area contributed by atoms with Crippen molar-refractivity contribution >= 4 is 22.8 Å². The monoisotopic (exact) mass is 629 g/mol. The summed E-state index contributed by atoms with van der Waals surface area (Å²) in [5.41, 5.74) is 7.15. The Bertz CT molecular complexity index is 1860. The summed E-state index contributed by atoms with van der Waals surface area (Å²) in [4.78, 5) is 30.9. The maximum absolute atomic E-state index is 13.5. The number of rotatable bonds is 10. The maximum Gasteiger partial charge on any atom is 0.335 e. The molecule has 5 rings (SSSR count). The second-order valence-electron chi connectivity index (χ2n) is 11.8. The van der Waals surface area contributed by atoms with E-state index < -0.39 is 35.6 Å². The topological polar surface area (TPSA) is 177 Å². The minimum Gasteiger partial charge on any atom is -0.508 e. The first-order valence-electron chi connectivity index (χ1n) is 15.2. The molecule has 6 N–H and O–H groups in total. The van der Waals surface area contributed by atoms with Gasteiger partial charge in [0, 0.05) is 47.8 Å². The largest absolute Gasteiger partial charge is 0.508 e. The summed E-state index contributed by atoms with van der Waals surface area (Å²) >= 11 is 0. The van der Waals surface area contributed by atoms with Crippen molar-refractivity contribution in [3.05, 3.63) is 98.5 Å². The van der Waals surface area contributed by atoms with Crippen LogP contribution in [0.2, 0.25) is 0 Å². The number of pyridine rings is 1. The lowest BCUT2D eigenvalue weighted by atomic mass is 9.80. The number of aliphatic hydroxyl groups excluding tert-OH is 1. The number of ether oxygens (including phenoxy) is 2. The third-order valence-corrected chi connectivity index (χ3v) is 8.30. The molecule has 242 valence electrons. The van der Waals surface area contributed by atoms with Crippen molar-refractivity contribution in [1.82, 2.24) is 10.3 Å². The number of phenolic OH excluding ortho intramolecular Hbond substituents is 2. The van der Waals surface area contributed by atoms with Gasteiger partial charge < -0.3 is 40.3 Å². The van der Waals surface area contributed by atoms with Crippen LogP contribution in [0.3, 0.4) is 0 Å². The zero-order valence-corrected chi connectivity index (χ0v) is 26.3. The van der Waals surface area contributed by atoms with Crippen LogP contribution in [-0.2, 0) is 29.0 Å². The predicted octanol–water partition coefficient (Wildman–Crippen LogP) is 4.23. The number of aromatic hydroxyl groups is 2. The van der Waals surface area contributed by atoms with Gasteiger partial charge in [-0.05, 0) is 69.1 Å². The number of aromatic nitrogens is 1. The Kier molecular flexibility index (Phi) is 9.36. The van der Waals surface area contributed by atoms with E-state index in [4.69, 9.17) is 19.6 Å². The number of allylic oxidation sites excluding steroid dienone is 1. The number of nitrogens with one attached hydrogen (secondary N) is 1. The van der Waals surface area contributed by atoms with Gasteiger partial charge in [0.15, 0.2) is 5.43 Å². The zero-order chi connectivity index (χ0) is 33.2. The van der Waals surface area contributed by atoms with Crippen molar-refractivity contribution in [3.8, 4) is 17.2 Å². The molecule has 4 aromatic rings. The second-order valence-corrected chi connectivity index (χ2v) is 11.8. The van der Waals surface area contributed by atoms with Gasteiger partial charge in [0.2, 0.25) is 0 Å². The van der Waals surface area contributed by atoms with E-state index in [0.717, 1.165) is 11.6 Å². The molecule has 2 unspecified atom stereocenters. The minimum atomic E-state index is -1.09. The fraction of sp³-hybridized carbons (Fsp3) is 0.343. The number of hydrogen-bond donors (Lipinski definition) is 5. The van der Waals surface area contributed by atoms with E-state index in [2.05, 4.69) is 10.3 Å². The van der Waals surface area contributed by atoms with Crippen LogP contribution in [-0.4, -0.2) is 51.1 Å². The number of phenols is 2. The van der Waals surface area contributed by atoms with Crippen LogP contribution in [0.25, 0.3) is 11.0 Å². The lowest BCUT2D eigenvalue weighted by Gasteiger charge is -2.41. The number of nitrogen functional groups attached to an aromatic ring is 1. The first kappa shape index (κ1) is 32.5. The summed E-state index contributed by atoms with van der Waals surface area (Å²) in [6.45, 7) is 7.72. The smallest absolute Gasteiger partial charge is 0.335 e. The highest BCUT2D eigenvalue weighted by Crippen LogP contribution is 2.50. The molecule has 11 nitrogen and oxygen atoms in total. The van der Waals surface area contributed by atoms with Crippen molar-refractivity contribution in [1.29, 1.82) is 0 Å². The van der Waals surface area contributed by atoms with E-state index in [0.29, 0.717) is 36.2 Å². The van der Waals surface area contributed by atoms with Gasteiger partial charge in [0.25, 0.3) is 0 Å². The quantitative estimate of drug-likeness (QED) is 0.125. The zero-order valence-electron chi connectivity index (χ0n) is 26.3. The molecule has 0 spiro atoms. The SMILES string of the molecule is CC=C(CNCC)C(=O)OC1Cc2c(c(C(Cc3cccc(O)c3)c3ccnc(N)c3)c3oc(CO)cc(=O)c3c2O)OC1(C)C. The number of nitrogens with two attached hydrogens (primary N) is 1. The number of esters is 1. The number of likely N-dealkylation sites (N-methyl/N-ethyl adjacent to an activating group) is 1. The van der Waals surface area contributed by atoms with Crippen LogP contribution < -0.4 is 21.2 Å². The number of nitrogens with zero attached hydrogens (tertiary/aromatic N) is 1. The van der Waals surface area contributed by atoms with Crippen LogP contribution in [0.5, 0.6) is 17.2 Å². The Hall–Kier alpha value is -4.87. The summed E-state index contributed by atoms with van der Waals surface area (Å²) in [6, 6.07) is 11.4. The molecule has 1 aliphatic rings. The number of aliphatic hydroxyl groups is 1. The van der Waals surface area contributed by atoms with Crippen molar-refractivity contribution in [2.24, 2.45) is 0 Å². The standard InChI is InChI=1S/C35H39N3O8/c1-5-20(17-37-6-2)34(43)45-27-16-25-31(42)30-26(41)15-23(18-39)44-33(30)29(32(25)46-35(27,3)4)24(21-10-11-38-28(36)14-21)13-19-8-7-9-22(40)12-19/h5,7-12,14-15,24,27,37,39-40,42H,6,13,16-18H2,1-4H3,(H2,36,38). The van der Waals surface area contributed by atoms with Crippen LogP contribution in [0.1, 0.15) is 61.6 Å². The van der Waals surface area contributed by atoms with E-state index in [1.165, 1.54) is 0 Å². The molecule has 0 aliphatic carbocycles. The van der Waals surface area contributed by atoms with E-state index in [9.17, 15) is 24.9 Å². The van der Waals surface area contributed by atoms with Crippen LogP contribution in [0, 0.1) is 0 Å². The highest BCUT2D eigenvalue weighted by Gasteiger charge is 2.44. The van der Waals surface area contributed by atoms with Gasteiger partial charge in [0.05, 0.1) is 0 Å². The predicted molar refractivity (Wildman–Crippen MR) is 173 cm³/mol. The molecule has 0 saturated carbocycles. The third-order valence-electron chi connectivity index (χ3n) is 8.30. The molecular formula is C35H39N3O8. The molecule has 0 radical (unpaired) electrons. The van der Waals surface area contributed by atoms with Gasteiger partial charge in [-0.1, -0.05) is 25.1 Å². The summed E-state index contributed by atoms with van der Waals surface area (Å²) in [5.74, 6) is -0.856. The van der Waals surface area contributed by atoms with Gasteiger partial charge in [-0.15, -0.1) is 0 Å². The summed E-state index contributed by atoms with van der Waals surface area (Å²) in [5, 5.41) is 34.9. The Morgan fingerprint density at radius 3 is 2.70 bits per heavy atom. The van der Waals surface area contributed by atoms with Gasteiger partial charge in [0.1, 0.15) is 58.1 Å². The molecule has 46 heavy (non-hydrogen) atoms. The third kappa shape index (κ3) is 6.42. The Morgan fingerprint density at radius 2 is 2.02 bits per heavy atom. The number of hydrogen-bond acceptors (Lipinski definition) is 11. The summed E-state index contributed by atoms with van der Waals surface area (Å²) < 4.78 is 18.8. The molecule has 2 atom stereocenters. The van der Waals surface area contributed by atoms with Gasteiger partial charge in [-0.25, -0.2) is 9.78 Å². The molecule has 2 aromatic heterocycles. The first-order chi connectivity index (χ1) is 22.0. The molecule has 0 fully saturated rings. The van der Waals surface area contributed by atoms with Crippen molar-refractivity contribution in [3.63, 3.8) is 0 Å². The van der Waals surface area contributed by atoms with Gasteiger partial charge in [-0.2, -0.15) is 0 Å². The lowest BCUT2D eigenvalue weighted by Crippen LogP contribution is -2.49. The fourth-order valence-electron chi connectivity index (χ4n) is 5.87. The average molecular weight is 630 g/mol. The van der Waals surface area contributed by atoms with Crippen molar-refractivity contribution in [2.75, 3.05) is 18.8 Å². The summed E-state index contributed by atoms with van der Waals surface area (Å²) in [7, 11) is 0. The van der Waals surface area contributed by atoms with Crippen molar-refractivity contribution < 1.29 is 34.0 Å². The summed E-state index contributed by atoms with van der Waals surface area (Å²) in [6.07, 6.45) is 2.77. The van der Waals surface area contributed by atoms with E-state index >= 15 is 0 Å². The fourth-order valence-corrected chi connectivity index (χ4v) is 5.87. The second kappa shape index (κ2) is 13.2. The molecule has 1 aliphatic heterocycles. The lowest BCUT2D eigenvalue weighted by molar-refractivity contribution is -0.156. The molecule has 0 amide bonds. The molecule has 3 heterocycles. The first-order valence-corrected chi connectivity index (χ1v) is 15.2. The van der Waals surface area contributed by atoms with Crippen molar-refractivity contribution in [2.45, 2.75) is 64.8 Å². The Labute approximate surface area is 266 Å². The van der Waals surface area contributed by atoms with Crippen LogP contribution >= 0.6 is 0 Å².